The molecule has 0 bridgehead atoms. The zero-order valence-electron chi connectivity index (χ0n) is 12.1. The van der Waals surface area contributed by atoms with Crippen LogP contribution < -0.4 is 0 Å². The first kappa shape index (κ1) is 15.2. The molecule has 1 aliphatic carbocycles. The maximum Gasteiger partial charge on any atom is 0.0702 e. The highest BCUT2D eigenvalue weighted by molar-refractivity contribution is 6.12. The van der Waals surface area contributed by atoms with Crippen LogP contribution in [0.15, 0.2) is 52.7 Å². The van der Waals surface area contributed by atoms with Crippen LogP contribution in [0.5, 0.6) is 0 Å². The molecule has 0 saturated heterocycles. The van der Waals surface area contributed by atoms with Gasteiger partial charge < -0.3 is 0 Å². The van der Waals surface area contributed by atoms with E-state index in [1.54, 1.807) is 0 Å². The van der Waals surface area contributed by atoms with Crippen molar-refractivity contribution in [1.82, 2.24) is 0 Å². The van der Waals surface area contributed by atoms with Gasteiger partial charge in [-0.3, -0.25) is 4.99 Å². The second-order valence-corrected chi connectivity index (χ2v) is 4.69. The van der Waals surface area contributed by atoms with E-state index in [4.69, 9.17) is 6.42 Å². The molecule has 0 aromatic carbocycles. The Hall–Kier alpha value is -1.81. The number of unbranched alkanes of at least 4 members (excludes halogenated alkanes) is 2. The monoisotopic (exact) mass is 253 g/mol. The Morgan fingerprint density at radius 3 is 2.79 bits per heavy atom. The van der Waals surface area contributed by atoms with Gasteiger partial charge in [-0.15, -0.1) is 6.42 Å². The van der Waals surface area contributed by atoms with Crippen LogP contribution in [0.3, 0.4) is 0 Å². The van der Waals surface area contributed by atoms with E-state index in [0.29, 0.717) is 0 Å². The fourth-order valence-corrected chi connectivity index (χ4v) is 1.89. The SMILES string of the molecule is C#CC1=C/C(=C/CCCC)C(=NC(=C)CCC)C=C1. The van der Waals surface area contributed by atoms with E-state index in [0.717, 1.165) is 41.8 Å². The predicted molar refractivity (Wildman–Crippen MR) is 85.1 cm³/mol. The Labute approximate surface area is 117 Å². The minimum absolute atomic E-state index is 0.905. The van der Waals surface area contributed by atoms with Crippen molar-refractivity contribution in [3.8, 4) is 12.3 Å². The lowest BCUT2D eigenvalue weighted by Gasteiger charge is -2.10. The van der Waals surface area contributed by atoms with Gasteiger partial charge in [-0.25, -0.2) is 0 Å². The number of rotatable bonds is 6. The van der Waals surface area contributed by atoms with E-state index >= 15 is 0 Å². The third kappa shape index (κ3) is 5.14. The van der Waals surface area contributed by atoms with Crippen molar-refractivity contribution in [2.24, 2.45) is 4.99 Å². The second-order valence-electron chi connectivity index (χ2n) is 4.69. The Morgan fingerprint density at radius 1 is 1.37 bits per heavy atom. The Kier molecular flexibility index (Phi) is 6.68. The van der Waals surface area contributed by atoms with E-state index in [9.17, 15) is 0 Å². The van der Waals surface area contributed by atoms with Crippen molar-refractivity contribution in [2.75, 3.05) is 0 Å². The van der Waals surface area contributed by atoms with Gasteiger partial charge in [0.05, 0.1) is 5.71 Å². The molecule has 1 nitrogen and oxygen atoms in total. The largest absolute Gasteiger partial charge is 0.253 e. The first-order valence-corrected chi connectivity index (χ1v) is 7.04. The first-order valence-electron chi connectivity index (χ1n) is 7.04. The average molecular weight is 253 g/mol. The normalized spacial score (nSPS) is 18.5. The molecule has 0 atom stereocenters. The molecule has 0 aromatic rings. The summed E-state index contributed by atoms with van der Waals surface area (Å²) in [6, 6.07) is 0. The minimum atomic E-state index is 0.905. The zero-order chi connectivity index (χ0) is 14.1. The molecule has 1 heteroatoms. The van der Waals surface area contributed by atoms with Crippen LogP contribution in [0.4, 0.5) is 0 Å². The summed E-state index contributed by atoms with van der Waals surface area (Å²) < 4.78 is 0. The Balaban J connectivity index is 2.93. The van der Waals surface area contributed by atoms with Gasteiger partial charge in [0.15, 0.2) is 0 Å². The highest BCUT2D eigenvalue weighted by Crippen LogP contribution is 2.17. The topological polar surface area (TPSA) is 12.4 Å². The first-order chi connectivity index (χ1) is 9.21. The number of hydrogen-bond donors (Lipinski definition) is 0. The minimum Gasteiger partial charge on any atom is -0.253 e. The summed E-state index contributed by atoms with van der Waals surface area (Å²) in [5.41, 5.74) is 3.94. The third-order valence-corrected chi connectivity index (χ3v) is 2.93. The number of nitrogens with zero attached hydrogens (tertiary/aromatic N) is 1. The molecule has 0 aromatic heterocycles. The van der Waals surface area contributed by atoms with Crippen molar-refractivity contribution < 1.29 is 0 Å². The highest BCUT2D eigenvalue weighted by atomic mass is 14.8. The van der Waals surface area contributed by atoms with Gasteiger partial charge in [-0.1, -0.05) is 51.7 Å². The molecule has 0 aliphatic heterocycles. The molecular weight excluding hydrogens is 230 g/mol. The fourth-order valence-electron chi connectivity index (χ4n) is 1.89. The molecule has 0 unspecified atom stereocenters. The fraction of sp³-hybridized carbons (Fsp3) is 0.389. The summed E-state index contributed by atoms with van der Waals surface area (Å²) in [4.78, 5) is 4.61. The molecule has 0 spiro atoms. The van der Waals surface area contributed by atoms with Crippen LogP contribution >= 0.6 is 0 Å². The Morgan fingerprint density at radius 2 is 2.16 bits per heavy atom. The van der Waals surface area contributed by atoms with Gasteiger partial charge in [0, 0.05) is 11.3 Å². The lowest BCUT2D eigenvalue weighted by molar-refractivity contribution is 0.813. The van der Waals surface area contributed by atoms with E-state index < -0.39 is 0 Å². The van der Waals surface area contributed by atoms with Gasteiger partial charge in [0.25, 0.3) is 0 Å². The van der Waals surface area contributed by atoms with Crippen molar-refractivity contribution in [3.05, 3.63) is 47.7 Å². The van der Waals surface area contributed by atoms with Crippen LogP contribution in [0.1, 0.15) is 46.0 Å². The quantitative estimate of drug-likeness (QED) is 0.467. The van der Waals surface area contributed by atoms with Crippen LogP contribution in [0.25, 0.3) is 0 Å². The molecule has 0 fully saturated rings. The van der Waals surface area contributed by atoms with Crippen LogP contribution in [0, 0.1) is 12.3 Å². The average Bonchev–Trinajstić information content (AvgIpc) is 2.41. The summed E-state index contributed by atoms with van der Waals surface area (Å²) in [7, 11) is 0. The maximum absolute atomic E-state index is 5.46. The summed E-state index contributed by atoms with van der Waals surface area (Å²) in [6.45, 7) is 8.33. The summed E-state index contributed by atoms with van der Waals surface area (Å²) in [6.07, 6.45) is 19.1. The molecule has 0 radical (unpaired) electrons. The molecule has 0 N–H and O–H groups in total. The van der Waals surface area contributed by atoms with E-state index in [2.05, 4.69) is 37.4 Å². The van der Waals surface area contributed by atoms with Crippen molar-refractivity contribution >= 4 is 5.71 Å². The van der Waals surface area contributed by atoms with Crippen LogP contribution in [-0.2, 0) is 0 Å². The standard InChI is InChI=1S/C18H23N/c1-5-8-9-11-17-14-16(7-3)12-13-18(17)19-15(4)10-6-2/h3,11-14H,4-6,8-10H2,1-2H3/b17-11-,19-18?. The van der Waals surface area contributed by atoms with Crippen LogP contribution in [-0.4, -0.2) is 5.71 Å². The van der Waals surface area contributed by atoms with Gasteiger partial charge >= 0.3 is 0 Å². The molecule has 19 heavy (non-hydrogen) atoms. The van der Waals surface area contributed by atoms with Gasteiger partial charge in [-0.2, -0.15) is 0 Å². The summed E-state index contributed by atoms with van der Waals surface area (Å²) >= 11 is 0. The molecular formula is C18H23N. The molecule has 0 heterocycles. The van der Waals surface area contributed by atoms with Gasteiger partial charge in [0.2, 0.25) is 0 Å². The van der Waals surface area contributed by atoms with Gasteiger partial charge in [0.1, 0.15) is 0 Å². The molecule has 0 amide bonds. The number of allylic oxidation sites excluding steroid dienone is 7. The number of terminal acetylenes is 1. The zero-order valence-corrected chi connectivity index (χ0v) is 12.1. The number of aliphatic imine (C=N–C) groups is 1. The summed E-state index contributed by atoms with van der Waals surface area (Å²) in [5.74, 6) is 2.68. The number of hydrogen-bond acceptors (Lipinski definition) is 1. The van der Waals surface area contributed by atoms with E-state index in [1.807, 2.05) is 18.2 Å². The predicted octanol–water partition coefficient (Wildman–Crippen LogP) is 4.99. The smallest absolute Gasteiger partial charge is 0.0702 e. The Bertz CT molecular complexity index is 478. The summed E-state index contributed by atoms with van der Waals surface area (Å²) in [5, 5.41) is 0. The molecule has 1 aliphatic rings. The van der Waals surface area contributed by atoms with Crippen molar-refractivity contribution in [1.29, 1.82) is 0 Å². The van der Waals surface area contributed by atoms with E-state index in [1.165, 1.54) is 12.8 Å². The lowest BCUT2D eigenvalue weighted by Crippen LogP contribution is -2.03. The maximum atomic E-state index is 5.46. The van der Waals surface area contributed by atoms with E-state index in [-0.39, 0.29) is 0 Å². The molecule has 100 valence electrons. The van der Waals surface area contributed by atoms with Crippen LogP contribution in [0.2, 0.25) is 0 Å². The van der Waals surface area contributed by atoms with Gasteiger partial charge in [-0.05, 0) is 36.6 Å². The molecule has 1 rings (SSSR count). The third-order valence-electron chi connectivity index (χ3n) is 2.93. The lowest BCUT2D eigenvalue weighted by atomic mass is 9.98. The second kappa shape index (κ2) is 8.32. The van der Waals surface area contributed by atoms with Crippen molar-refractivity contribution in [3.63, 3.8) is 0 Å². The van der Waals surface area contributed by atoms with Crippen molar-refractivity contribution in [2.45, 2.75) is 46.0 Å². The molecule has 0 saturated carbocycles. The highest BCUT2D eigenvalue weighted by Gasteiger charge is 2.07.